The van der Waals surface area contributed by atoms with E-state index in [4.69, 9.17) is 14.2 Å². The Morgan fingerprint density at radius 3 is 2.21 bits per heavy atom. The van der Waals surface area contributed by atoms with E-state index in [1.54, 1.807) is 20.9 Å². The number of nitrogens with one attached hydrogen (secondary N) is 1. The lowest BCUT2D eigenvalue weighted by Crippen LogP contribution is -2.63. The SMILES string of the molecule is CNC(CCc1ccccc1)(C(=O)CC(=O)O)C1OC(C)(C)OC1COCc1ccccc1. The zero-order valence-corrected chi connectivity index (χ0v) is 19.5. The second-order valence-corrected chi connectivity index (χ2v) is 8.80. The molecule has 3 unspecified atom stereocenters. The van der Waals surface area contributed by atoms with Gasteiger partial charge in [-0.15, -0.1) is 0 Å². The van der Waals surface area contributed by atoms with E-state index in [-0.39, 0.29) is 6.61 Å². The number of carboxylic acid groups (broad SMARTS) is 1. The van der Waals surface area contributed by atoms with Crippen LogP contribution < -0.4 is 5.32 Å². The molecule has 0 amide bonds. The van der Waals surface area contributed by atoms with E-state index in [0.717, 1.165) is 11.1 Å². The molecule has 7 nitrogen and oxygen atoms in total. The minimum Gasteiger partial charge on any atom is -0.481 e. The highest BCUT2D eigenvalue weighted by Crippen LogP contribution is 2.37. The first-order valence-electron chi connectivity index (χ1n) is 11.2. The van der Waals surface area contributed by atoms with Gasteiger partial charge in [0.15, 0.2) is 11.6 Å². The van der Waals surface area contributed by atoms with E-state index in [9.17, 15) is 14.7 Å². The summed E-state index contributed by atoms with van der Waals surface area (Å²) in [5, 5.41) is 12.5. The molecule has 1 aliphatic rings. The van der Waals surface area contributed by atoms with Crippen LogP contribution in [0.15, 0.2) is 60.7 Å². The van der Waals surface area contributed by atoms with Gasteiger partial charge in [-0.25, -0.2) is 0 Å². The van der Waals surface area contributed by atoms with E-state index in [2.05, 4.69) is 5.32 Å². The molecule has 0 saturated carbocycles. The quantitative estimate of drug-likeness (QED) is 0.474. The number of aliphatic carboxylic acids is 1. The van der Waals surface area contributed by atoms with Gasteiger partial charge in [-0.3, -0.25) is 9.59 Å². The Morgan fingerprint density at radius 1 is 1.03 bits per heavy atom. The van der Waals surface area contributed by atoms with Crippen LogP contribution in [-0.4, -0.2) is 54.0 Å². The number of ether oxygens (including phenoxy) is 3. The molecule has 1 heterocycles. The number of carbonyl (C=O) groups excluding carboxylic acids is 1. The summed E-state index contributed by atoms with van der Waals surface area (Å²) in [5.41, 5.74) is 0.830. The Kier molecular flexibility index (Phi) is 8.37. The predicted octanol–water partition coefficient (Wildman–Crippen LogP) is 3.36. The zero-order chi connectivity index (χ0) is 23.9. The number of carbonyl (C=O) groups is 2. The van der Waals surface area contributed by atoms with Gasteiger partial charge in [0.05, 0.1) is 13.2 Å². The number of aryl methyl sites for hydroxylation is 1. The molecule has 1 saturated heterocycles. The Balaban J connectivity index is 1.83. The first-order valence-corrected chi connectivity index (χ1v) is 11.2. The number of likely N-dealkylation sites (N-methyl/N-ethyl adjacent to an activating group) is 1. The molecule has 0 spiro atoms. The van der Waals surface area contributed by atoms with Gasteiger partial charge in [-0.1, -0.05) is 60.7 Å². The maximum absolute atomic E-state index is 13.3. The molecule has 33 heavy (non-hydrogen) atoms. The highest BCUT2D eigenvalue weighted by molar-refractivity contribution is 6.01. The second-order valence-electron chi connectivity index (χ2n) is 8.80. The minimum atomic E-state index is -1.25. The van der Waals surface area contributed by atoms with Crippen LogP contribution in [0.25, 0.3) is 0 Å². The Morgan fingerprint density at radius 2 is 1.64 bits per heavy atom. The molecule has 0 radical (unpaired) electrons. The standard InChI is InChI=1S/C26H33NO6/c1-25(2)32-21(18-31-17-20-12-8-5-9-13-20)24(33-25)26(27-3,22(28)16-23(29)30)15-14-19-10-6-4-7-11-19/h4-13,21,24,27H,14-18H2,1-3H3,(H,29,30). The van der Waals surface area contributed by atoms with Gasteiger partial charge in [-0.05, 0) is 44.9 Å². The second kappa shape index (κ2) is 11.0. The number of rotatable bonds is 12. The van der Waals surface area contributed by atoms with Crippen molar-refractivity contribution in [2.75, 3.05) is 13.7 Å². The molecule has 2 N–H and O–H groups in total. The van der Waals surface area contributed by atoms with Crippen LogP contribution in [0.2, 0.25) is 0 Å². The van der Waals surface area contributed by atoms with Crippen LogP contribution in [0.3, 0.4) is 0 Å². The van der Waals surface area contributed by atoms with Crippen LogP contribution >= 0.6 is 0 Å². The number of benzene rings is 2. The van der Waals surface area contributed by atoms with Gasteiger partial charge in [0, 0.05) is 0 Å². The highest BCUT2D eigenvalue weighted by atomic mass is 16.8. The van der Waals surface area contributed by atoms with E-state index < -0.39 is 41.7 Å². The van der Waals surface area contributed by atoms with Crippen molar-refractivity contribution < 1.29 is 28.9 Å². The first-order chi connectivity index (χ1) is 15.8. The van der Waals surface area contributed by atoms with Gasteiger partial charge < -0.3 is 24.6 Å². The lowest BCUT2D eigenvalue weighted by Gasteiger charge is -2.38. The van der Waals surface area contributed by atoms with Crippen molar-refractivity contribution in [1.29, 1.82) is 0 Å². The minimum absolute atomic E-state index is 0.206. The third kappa shape index (κ3) is 6.48. The molecule has 0 aromatic heterocycles. The number of hydrogen-bond donors (Lipinski definition) is 2. The molecule has 1 aliphatic heterocycles. The first kappa shape index (κ1) is 25.1. The molecule has 1 fully saturated rings. The monoisotopic (exact) mass is 455 g/mol. The predicted molar refractivity (Wildman–Crippen MR) is 124 cm³/mol. The zero-order valence-electron chi connectivity index (χ0n) is 19.5. The van der Waals surface area contributed by atoms with E-state index in [1.165, 1.54) is 0 Å². The van der Waals surface area contributed by atoms with Crippen LogP contribution in [-0.2, 0) is 36.8 Å². The van der Waals surface area contributed by atoms with Crippen LogP contribution in [0.1, 0.15) is 37.8 Å². The van der Waals surface area contributed by atoms with Crippen molar-refractivity contribution in [3.05, 3.63) is 71.8 Å². The average molecular weight is 456 g/mol. The van der Waals surface area contributed by atoms with Crippen molar-refractivity contribution >= 4 is 11.8 Å². The normalized spacial score (nSPS) is 21.4. The third-order valence-corrected chi connectivity index (χ3v) is 5.97. The van der Waals surface area contributed by atoms with E-state index in [0.29, 0.717) is 19.4 Å². The Hall–Kier alpha value is -2.58. The fourth-order valence-electron chi connectivity index (χ4n) is 4.37. The summed E-state index contributed by atoms with van der Waals surface area (Å²) in [6, 6.07) is 19.6. The number of Topliss-reactive ketones (excluding diaryl/α,β-unsaturated/α-hetero) is 1. The molecule has 0 aliphatic carbocycles. The lowest BCUT2D eigenvalue weighted by atomic mass is 9.78. The number of hydrogen-bond acceptors (Lipinski definition) is 6. The Bertz CT molecular complexity index is 917. The third-order valence-electron chi connectivity index (χ3n) is 5.97. The molecular formula is C26H33NO6. The summed E-state index contributed by atoms with van der Waals surface area (Å²) in [4.78, 5) is 24.8. The molecule has 2 aromatic rings. The maximum Gasteiger partial charge on any atom is 0.310 e. The molecule has 178 valence electrons. The summed E-state index contributed by atoms with van der Waals surface area (Å²) < 4.78 is 18.3. The van der Waals surface area contributed by atoms with Crippen LogP contribution in [0.5, 0.6) is 0 Å². The van der Waals surface area contributed by atoms with Gasteiger partial charge in [0.25, 0.3) is 0 Å². The topological polar surface area (TPSA) is 94.1 Å². The number of ketones is 1. The Labute approximate surface area is 195 Å². The van der Waals surface area contributed by atoms with Crippen LogP contribution in [0, 0.1) is 0 Å². The summed E-state index contributed by atoms with van der Waals surface area (Å²) in [7, 11) is 1.67. The fourth-order valence-corrected chi connectivity index (χ4v) is 4.37. The molecule has 2 aromatic carbocycles. The molecule has 3 atom stereocenters. The lowest BCUT2D eigenvalue weighted by molar-refractivity contribution is -0.160. The van der Waals surface area contributed by atoms with E-state index in [1.807, 2.05) is 60.7 Å². The van der Waals surface area contributed by atoms with Crippen LogP contribution in [0.4, 0.5) is 0 Å². The van der Waals surface area contributed by atoms with Crippen molar-refractivity contribution in [3.63, 3.8) is 0 Å². The van der Waals surface area contributed by atoms with Crippen molar-refractivity contribution in [2.45, 2.75) is 63.3 Å². The van der Waals surface area contributed by atoms with Gasteiger partial charge in [-0.2, -0.15) is 0 Å². The van der Waals surface area contributed by atoms with Crippen molar-refractivity contribution in [3.8, 4) is 0 Å². The van der Waals surface area contributed by atoms with Crippen molar-refractivity contribution in [1.82, 2.24) is 5.32 Å². The largest absolute Gasteiger partial charge is 0.481 e. The molecule has 3 rings (SSSR count). The van der Waals surface area contributed by atoms with E-state index >= 15 is 0 Å². The summed E-state index contributed by atoms with van der Waals surface area (Å²) in [5.74, 6) is -2.55. The molecular weight excluding hydrogens is 422 g/mol. The van der Waals surface area contributed by atoms with Gasteiger partial charge >= 0.3 is 5.97 Å². The number of carboxylic acids is 1. The summed E-state index contributed by atoms with van der Waals surface area (Å²) in [6.45, 7) is 4.18. The van der Waals surface area contributed by atoms with Crippen molar-refractivity contribution in [2.24, 2.45) is 0 Å². The summed E-state index contributed by atoms with van der Waals surface area (Å²) in [6.07, 6.45) is -0.939. The van der Waals surface area contributed by atoms with Gasteiger partial charge in [0.1, 0.15) is 24.2 Å². The highest BCUT2D eigenvalue weighted by Gasteiger charge is 2.55. The molecule has 0 bridgehead atoms. The average Bonchev–Trinajstić information content (AvgIpc) is 3.10. The fraction of sp³-hybridized carbons (Fsp3) is 0.462. The summed E-state index contributed by atoms with van der Waals surface area (Å²) >= 11 is 0. The molecule has 7 heteroatoms. The maximum atomic E-state index is 13.3. The smallest absolute Gasteiger partial charge is 0.310 e. The van der Waals surface area contributed by atoms with Gasteiger partial charge in [0.2, 0.25) is 0 Å².